The van der Waals surface area contributed by atoms with Crippen LogP contribution in [0.15, 0.2) is 65.8 Å². The third-order valence-electron chi connectivity index (χ3n) is 4.70. The molecule has 0 spiro atoms. The third-order valence-corrected chi connectivity index (χ3v) is 6.13. The Kier molecular flexibility index (Phi) is 5.86. The Morgan fingerprint density at radius 3 is 2.11 bits per heavy atom. The summed E-state index contributed by atoms with van der Waals surface area (Å²) < 4.78 is 35.9. The monoisotopic (exact) mass is 399 g/mol. The first-order valence-corrected chi connectivity index (χ1v) is 10.5. The van der Waals surface area contributed by atoms with Gasteiger partial charge in [0.15, 0.2) is 0 Å². The van der Waals surface area contributed by atoms with Crippen molar-refractivity contribution < 1.29 is 13.2 Å². The standard InChI is InChI=1S/C21H25N3O3S/c1-15(2)16-7-11-19(12-8-16)28(25,26)23-20(21-22-13-14-24(21)3)17-5-9-18(27-4)10-6-17/h5-15,20,23H,1-4H3. The van der Waals surface area contributed by atoms with E-state index in [1.165, 1.54) is 0 Å². The van der Waals surface area contributed by atoms with Gasteiger partial charge >= 0.3 is 0 Å². The molecule has 0 saturated heterocycles. The smallest absolute Gasteiger partial charge is 0.241 e. The van der Waals surface area contributed by atoms with Crippen LogP contribution >= 0.6 is 0 Å². The highest BCUT2D eigenvalue weighted by molar-refractivity contribution is 7.89. The molecule has 0 bridgehead atoms. The minimum absolute atomic E-state index is 0.227. The molecule has 1 N–H and O–H groups in total. The van der Waals surface area contributed by atoms with Crippen molar-refractivity contribution in [1.82, 2.24) is 14.3 Å². The van der Waals surface area contributed by atoms with Crippen molar-refractivity contribution in [2.75, 3.05) is 7.11 Å². The Bertz CT molecular complexity index is 1020. The Hall–Kier alpha value is -2.64. The number of benzene rings is 2. The van der Waals surface area contributed by atoms with E-state index < -0.39 is 16.1 Å². The highest BCUT2D eigenvalue weighted by Gasteiger charge is 2.25. The molecule has 0 fully saturated rings. The van der Waals surface area contributed by atoms with Crippen molar-refractivity contribution in [1.29, 1.82) is 0 Å². The lowest BCUT2D eigenvalue weighted by molar-refractivity contribution is 0.414. The maximum atomic E-state index is 13.1. The van der Waals surface area contributed by atoms with E-state index in [9.17, 15) is 8.42 Å². The van der Waals surface area contributed by atoms with E-state index in [0.29, 0.717) is 17.5 Å². The minimum atomic E-state index is -3.74. The van der Waals surface area contributed by atoms with E-state index in [0.717, 1.165) is 11.1 Å². The van der Waals surface area contributed by atoms with Gasteiger partial charge in [0.25, 0.3) is 0 Å². The minimum Gasteiger partial charge on any atom is -0.497 e. The zero-order chi connectivity index (χ0) is 20.3. The van der Waals surface area contributed by atoms with Crippen molar-refractivity contribution in [3.63, 3.8) is 0 Å². The molecule has 1 heterocycles. The fourth-order valence-corrected chi connectivity index (χ4v) is 4.16. The molecule has 28 heavy (non-hydrogen) atoms. The quantitative estimate of drug-likeness (QED) is 0.659. The predicted molar refractivity (Wildman–Crippen MR) is 109 cm³/mol. The molecule has 0 saturated carbocycles. The molecule has 0 radical (unpaired) electrons. The van der Waals surface area contributed by atoms with Crippen molar-refractivity contribution in [3.05, 3.63) is 77.9 Å². The molecule has 1 unspecified atom stereocenters. The van der Waals surface area contributed by atoms with Crippen LogP contribution in [0.2, 0.25) is 0 Å². The summed E-state index contributed by atoms with van der Waals surface area (Å²) in [4.78, 5) is 4.58. The molecule has 3 aromatic rings. The molecule has 3 rings (SSSR count). The van der Waals surface area contributed by atoms with Crippen LogP contribution in [0, 0.1) is 0 Å². The number of ether oxygens (including phenoxy) is 1. The van der Waals surface area contributed by atoms with E-state index in [4.69, 9.17) is 4.74 Å². The van der Waals surface area contributed by atoms with Crippen LogP contribution in [0.3, 0.4) is 0 Å². The largest absolute Gasteiger partial charge is 0.497 e. The van der Waals surface area contributed by atoms with Crippen LogP contribution < -0.4 is 9.46 Å². The van der Waals surface area contributed by atoms with Crippen molar-refractivity contribution in [2.24, 2.45) is 7.05 Å². The van der Waals surface area contributed by atoms with Gasteiger partial charge in [-0.05, 0) is 41.3 Å². The lowest BCUT2D eigenvalue weighted by Gasteiger charge is -2.20. The van der Waals surface area contributed by atoms with E-state index in [-0.39, 0.29) is 4.90 Å². The Labute approximate surface area is 166 Å². The number of hydrogen-bond donors (Lipinski definition) is 1. The van der Waals surface area contributed by atoms with Crippen molar-refractivity contribution in [3.8, 4) is 5.75 Å². The zero-order valence-electron chi connectivity index (χ0n) is 16.5. The summed E-state index contributed by atoms with van der Waals surface area (Å²) in [5, 5.41) is 0. The first kappa shape index (κ1) is 20.1. The number of rotatable bonds is 7. The zero-order valence-corrected chi connectivity index (χ0v) is 17.3. The maximum Gasteiger partial charge on any atom is 0.241 e. The van der Waals surface area contributed by atoms with E-state index >= 15 is 0 Å². The maximum absolute atomic E-state index is 13.1. The highest BCUT2D eigenvalue weighted by atomic mass is 32.2. The normalized spacial score (nSPS) is 12.9. The summed E-state index contributed by atoms with van der Waals surface area (Å²) >= 11 is 0. The molecule has 6 nitrogen and oxygen atoms in total. The van der Waals surface area contributed by atoms with Crippen LogP contribution in [-0.4, -0.2) is 25.1 Å². The number of sulfonamides is 1. The molecule has 0 aliphatic carbocycles. The fraction of sp³-hybridized carbons (Fsp3) is 0.286. The van der Waals surface area contributed by atoms with Gasteiger partial charge in [-0.1, -0.05) is 38.1 Å². The second kappa shape index (κ2) is 8.16. The first-order chi connectivity index (χ1) is 13.3. The molecule has 1 aromatic heterocycles. The Morgan fingerprint density at radius 2 is 1.61 bits per heavy atom. The summed E-state index contributed by atoms with van der Waals surface area (Å²) in [7, 11) is -0.313. The van der Waals surface area contributed by atoms with Crippen LogP contribution in [-0.2, 0) is 17.1 Å². The SMILES string of the molecule is COc1ccc(C(NS(=O)(=O)c2ccc(C(C)C)cc2)c2nccn2C)cc1. The van der Waals surface area contributed by atoms with Crippen LogP contribution in [0.4, 0.5) is 0 Å². The van der Waals surface area contributed by atoms with Gasteiger partial charge in [-0.25, -0.2) is 13.4 Å². The summed E-state index contributed by atoms with van der Waals surface area (Å²) in [6.45, 7) is 4.14. The predicted octanol–water partition coefficient (Wildman–Crippen LogP) is 3.62. The molecule has 0 amide bonds. The number of hydrogen-bond acceptors (Lipinski definition) is 4. The van der Waals surface area contributed by atoms with Gasteiger partial charge in [0.2, 0.25) is 10.0 Å². The second-order valence-electron chi connectivity index (χ2n) is 6.95. The van der Waals surface area contributed by atoms with E-state index in [1.807, 2.05) is 31.3 Å². The lowest BCUT2D eigenvalue weighted by atomic mass is 10.0. The van der Waals surface area contributed by atoms with E-state index in [2.05, 4.69) is 23.6 Å². The summed E-state index contributed by atoms with van der Waals surface area (Å²) in [5.74, 6) is 1.64. The molecule has 1 atom stereocenters. The molecule has 0 aliphatic heterocycles. The van der Waals surface area contributed by atoms with Gasteiger partial charge in [-0.2, -0.15) is 4.72 Å². The van der Waals surface area contributed by atoms with Crippen LogP contribution in [0.25, 0.3) is 0 Å². The van der Waals surface area contributed by atoms with Gasteiger partial charge in [0, 0.05) is 19.4 Å². The number of nitrogens with one attached hydrogen (secondary N) is 1. The van der Waals surface area contributed by atoms with Crippen LogP contribution in [0.1, 0.15) is 42.8 Å². The number of methoxy groups -OCH3 is 1. The Balaban J connectivity index is 1.97. The average molecular weight is 400 g/mol. The first-order valence-electron chi connectivity index (χ1n) is 9.05. The summed E-state index contributed by atoms with van der Waals surface area (Å²) in [6.07, 6.45) is 3.44. The van der Waals surface area contributed by atoms with Crippen LogP contribution in [0.5, 0.6) is 5.75 Å². The molecule has 0 aliphatic rings. The third kappa shape index (κ3) is 4.26. The van der Waals surface area contributed by atoms with Crippen molar-refractivity contribution in [2.45, 2.75) is 30.7 Å². The summed E-state index contributed by atoms with van der Waals surface area (Å²) in [6, 6.07) is 13.6. The Morgan fingerprint density at radius 1 is 1.00 bits per heavy atom. The van der Waals surface area contributed by atoms with Gasteiger partial charge in [0.1, 0.15) is 17.6 Å². The average Bonchev–Trinajstić information content (AvgIpc) is 3.12. The highest BCUT2D eigenvalue weighted by Crippen LogP contribution is 2.26. The van der Waals surface area contributed by atoms with Gasteiger partial charge in [0.05, 0.1) is 12.0 Å². The molecular weight excluding hydrogens is 374 g/mol. The molecule has 148 valence electrons. The number of nitrogens with zero attached hydrogens (tertiary/aromatic N) is 2. The number of imidazole rings is 1. The van der Waals surface area contributed by atoms with E-state index in [1.54, 1.807) is 48.3 Å². The fourth-order valence-electron chi connectivity index (χ4n) is 2.98. The topological polar surface area (TPSA) is 73.2 Å². The van der Waals surface area contributed by atoms with Crippen molar-refractivity contribution >= 4 is 10.0 Å². The number of aryl methyl sites for hydroxylation is 1. The molecule has 2 aromatic carbocycles. The second-order valence-corrected chi connectivity index (χ2v) is 8.66. The molecular formula is C21H25N3O3S. The van der Waals surface area contributed by atoms with Gasteiger partial charge in [-0.3, -0.25) is 0 Å². The van der Waals surface area contributed by atoms with Gasteiger partial charge in [-0.15, -0.1) is 0 Å². The summed E-state index contributed by atoms with van der Waals surface area (Å²) in [5.41, 5.74) is 1.87. The number of aromatic nitrogens is 2. The lowest BCUT2D eigenvalue weighted by Crippen LogP contribution is -2.31. The molecule has 7 heteroatoms. The van der Waals surface area contributed by atoms with Gasteiger partial charge < -0.3 is 9.30 Å².